The van der Waals surface area contributed by atoms with Gasteiger partial charge in [-0.2, -0.15) is 0 Å². The minimum Gasteiger partial charge on any atom is -0.381 e. The average Bonchev–Trinajstić information content (AvgIpc) is 2.29. The lowest BCUT2D eigenvalue weighted by Gasteiger charge is -2.34. The largest absolute Gasteiger partial charge is 0.381 e. The maximum atomic E-state index is 5.45. The maximum absolute atomic E-state index is 5.45. The van der Waals surface area contributed by atoms with E-state index in [0.717, 1.165) is 25.7 Å². The van der Waals surface area contributed by atoms with Gasteiger partial charge in [0.2, 0.25) is 0 Å². The lowest BCUT2D eigenvalue weighted by molar-refractivity contribution is 0.153. The van der Waals surface area contributed by atoms with Crippen LogP contribution < -0.4 is 5.32 Å². The molecule has 58 valence electrons. The van der Waals surface area contributed by atoms with E-state index in [4.69, 9.17) is 4.74 Å². The molecule has 0 saturated carbocycles. The Bertz CT molecular complexity index is 137. The standard InChI is InChI=1S/C8H15NO/c1-8-5-9-3-2-7(8)4-10-6-8/h7,9H,2-6H2,1H3. The van der Waals surface area contributed by atoms with E-state index in [1.807, 2.05) is 0 Å². The van der Waals surface area contributed by atoms with Gasteiger partial charge in [-0.3, -0.25) is 0 Å². The van der Waals surface area contributed by atoms with Gasteiger partial charge in [-0.15, -0.1) is 0 Å². The van der Waals surface area contributed by atoms with Crippen molar-refractivity contribution in [2.75, 3.05) is 26.3 Å². The predicted octanol–water partition coefficient (Wildman–Crippen LogP) is 0.632. The Morgan fingerprint density at radius 2 is 2.50 bits per heavy atom. The summed E-state index contributed by atoms with van der Waals surface area (Å²) in [6.45, 7) is 6.63. The van der Waals surface area contributed by atoms with Gasteiger partial charge in [-0.25, -0.2) is 0 Å². The summed E-state index contributed by atoms with van der Waals surface area (Å²) >= 11 is 0. The van der Waals surface area contributed by atoms with E-state index < -0.39 is 0 Å². The minimum absolute atomic E-state index is 0.457. The van der Waals surface area contributed by atoms with Gasteiger partial charge in [0.1, 0.15) is 0 Å². The van der Waals surface area contributed by atoms with Crippen LogP contribution in [0.1, 0.15) is 13.3 Å². The number of rotatable bonds is 0. The van der Waals surface area contributed by atoms with Crippen molar-refractivity contribution < 1.29 is 4.74 Å². The number of fused-ring (bicyclic) bond motifs is 1. The Kier molecular flexibility index (Phi) is 1.46. The molecule has 2 aliphatic heterocycles. The Hall–Kier alpha value is -0.0800. The molecule has 0 aromatic rings. The zero-order chi connectivity index (χ0) is 7.03. The minimum atomic E-state index is 0.457. The SMILES string of the molecule is CC12CNCCC1COC2. The van der Waals surface area contributed by atoms with Crippen LogP contribution in [-0.2, 0) is 4.74 Å². The maximum Gasteiger partial charge on any atom is 0.0535 e. The highest BCUT2D eigenvalue weighted by molar-refractivity contribution is 4.92. The van der Waals surface area contributed by atoms with Crippen molar-refractivity contribution in [3.63, 3.8) is 0 Å². The van der Waals surface area contributed by atoms with E-state index in [0.29, 0.717) is 5.41 Å². The highest BCUT2D eigenvalue weighted by Gasteiger charge is 2.41. The lowest BCUT2D eigenvalue weighted by Crippen LogP contribution is -2.43. The predicted molar refractivity (Wildman–Crippen MR) is 39.9 cm³/mol. The van der Waals surface area contributed by atoms with Crippen LogP contribution >= 0.6 is 0 Å². The lowest BCUT2D eigenvalue weighted by atomic mass is 9.76. The van der Waals surface area contributed by atoms with E-state index in [2.05, 4.69) is 12.2 Å². The van der Waals surface area contributed by atoms with Crippen LogP contribution in [0.25, 0.3) is 0 Å². The topological polar surface area (TPSA) is 21.3 Å². The first-order valence-corrected chi connectivity index (χ1v) is 4.10. The summed E-state index contributed by atoms with van der Waals surface area (Å²) in [5.41, 5.74) is 0.457. The first kappa shape index (κ1) is 6.62. The van der Waals surface area contributed by atoms with Gasteiger partial charge < -0.3 is 10.1 Å². The number of nitrogens with one attached hydrogen (secondary N) is 1. The second kappa shape index (κ2) is 2.21. The van der Waals surface area contributed by atoms with E-state index in [-0.39, 0.29) is 0 Å². The Balaban J connectivity index is 2.10. The first-order valence-electron chi connectivity index (χ1n) is 4.10. The number of hydrogen-bond acceptors (Lipinski definition) is 2. The Morgan fingerprint density at radius 3 is 3.30 bits per heavy atom. The van der Waals surface area contributed by atoms with Crippen LogP contribution in [0.15, 0.2) is 0 Å². The number of piperidine rings is 1. The third-order valence-electron chi connectivity index (χ3n) is 2.93. The fourth-order valence-electron chi connectivity index (χ4n) is 2.03. The number of hydrogen-bond donors (Lipinski definition) is 1. The van der Waals surface area contributed by atoms with Gasteiger partial charge >= 0.3 is 0 Å². The Morgan fingerprint density at radius 1 is 1.60 bits per heavy atom. The van der Waals surface area contributed by atoms with E-state index >= 15 is 0 Å². The molecule has 0 aromatic heterocycles. The van der Waals surface area contributed by atoms with Crippen LogP contribution in [-0.4, -0.2) is 26.3 Å². The summed E-state index contributed by atoms with van der Waals surface area (Å²) in [6.07, 6.45) is 1.30. The van der Waals surface area contributed by atoms with E-state index in [1.165, 1.54) is 13.0 Å². The molecular formula is C8H15NO. The molecule has 2 unspecified atom stereocenters. The quantitative estimate of drug-likeness (QED) is 0.534. The molecule has 2 heterocycles. The highest BCUT2D eigenvalue weighted by atomic mass is 16.5. The molecule has 0 aliphatic carbocycles. The molecule has 0 spiro atoms. The zero-order valence-electron chi connectivity index (χ0n) is 6.52. The van der Waals surface area contributed by atoms with Crippen LogP contribution in [0.5, 0.6) is 0 Å². The van der Waals surface area contributed by atoms with Gasteiger partial charge in [0.25, 0.3) is 0 Å². The summed E-state index contributed by atoms with van der Waals surface area (Å²) in [5.74, 6) is 0.828. The summed E-state index contributed by atoms with van der Waals surface area (Å²) in [6, 6.07) is 0. The average molecular weight is 141 g/mol. The van der Waals surface area contributed by atoms with Crippen molar-refractivity contribution in [1.29, 1.82) is 0 Å². The highest BCUT2D eigenvalue weighted by Crippen LogP contribution is 2.37. The normalized spacial score (nSPS) is 47.1. The van der Waals surface area contributed by atoms with Crippen LogP contribution in [0.4, 0.5) is 0 Å². The second-order valence-corrected chi connectivity index (χ2v) is 3.83. The summed E-state index contributed by atoms with van der Waals surface area (Å²) in [4.78, 5) is 0. The van der Waals surface area contributed by atoms with Gasteiger partial charge in [0.15, 0.2) is 0 Å². The molecule has 2 atom stereocenters. The molecule has 1 N–H and O–H groups in total. The molecule has 2 saturated heterocycles. The molecule has 2 heteroatoms. The zero-order valence-corrected chi connectivity index (χ0v) is 6.52. The molecule has 2 fully saturated rings. The molecule has 2 nitrogen and oxygen atoms in total. The summed E-state index contributed by atoms with van der Waals surface area (Å²) in [7, 11) is 0. The molecule has 0 radical (unpaired) electrons. The van der Waals surface area contributed by atoms with Crippen LogP contribution in [0, 0.1) is 11.3 Å². The smallest absolute Gasteiger partial charge is 0.0535 e. The van der Waals surface area contributed by atoms with Crippen LogP contribution in [0.2, 0.25) is 0 Å². The van der Waals surface area contributed by atoms with Crippen molar-refractivity contribution in [2.24, 2.45) is 11.3 Å². The summed E-state index contributed by atoms with van der Waals surface area (Å²) < 4.78 is 5.45. The Labute approximate surface area is 61.9 Å². The monoisotopic (exact) mass is 141 g/mol. The first-order chi connectivity index (χ1) is 4.81. The molecule has 0 bridgehead atoms. The fourth-order valence-corrected chi connectivity index (χ4v) is 2.03. The third-order valence-corrected chi connectivity index (χ3v) is 2.93. The van der Waals surface area contributed by atoms with Crippen molar-refractivity contribution >= 4 is 0 Å². The molecule has 10 heavy (non-hydrogen) atoms. The van der Waals surface area contributed by atoms with E-state index in [9.17, 15) is 0 Å². The molecule has 2 rings (SSSR count). The second-order valence-electron chi connectivity index (χ2n) is 3.83. The van der Waals surface area contributed by atoms with E-state index in [1.54, 1.807) is 0 Å². The van der Waals surface area contributed by atoms with Gasteiger partial charge in [-0.1, -0.05) is 6.92 Å². The van der Waals surface area contributed by atoms with Gasteiger partial charge in [-0.05, 0) is 18.9 Å². The summed E-state index contributed by atoms with van der Waals surface area (Å²) in [5, 5.41) is 3.42. The molecule has 0 amide bonds. The van der Waals surface area contributed by atoms with Gasteiger partial charge in [0, 0.05) is 12.0 Å². The van der Waals surface area contributed by atoms with Crippen molar-refractivity contribution in [1.82, 2.24) is 5.32 Å². The van der Waals surface area contributed by atoms with Gasteiger partial charge in [0.05, 0.1) is 13.2 Å². The van der Waals surface area contributed by atoms with Crippen LogP contribution in [0.3, 0.4) is 0 Å². The number of ether oxygens (including phenoxy) is 1. The molecule has 2 aliphatic rings. The van der Waals surface area contributed by atoms with Crippen molar-refractivity contribution in [2.45, 2.75) is 13.3 Å². The molecular weight excluding hydrogens is 126 g/mol. The van der Waals surface area contributed by atoms with Crippen molar-refractivity contribution in [3.8, 4) is 0 Å². The fraction of sp³-hybridized carbons (Fsp3) is 1.00. The molecule has 0 aromatic carbocycles. The van der Waals surface area contributed by atoms with Crippen molar-refractivity contribution in [3.05, 3.63) is 0 Å². The third kappa shape index (κ3) is 0.867.